The van der Waals surface area contributed by atoms with E-state index in [1.54, 1.807) is 24.3 Å². The molecule has 2 rings (SSSR count). The molecule has 2 atom stereocenters. The lowest BCUT2D eigenvalue weighted by molar-refractivity contribution is 0.304. The summed E-state index contributed by atoms with van der Waals surface area (Å²) in [5, 5.41) is 0. The molecule has 0 spiro atoms. The predicted molar refractivity (Wildman–Crippen MR) is 70.8 cm³/mol. The van der Waals surface area contributed by atoms with Gasteiger partial charge in [-0.2, -0.15) is 8.42 Å². The highest BCUT2D eigenvalue weighted by Gasteiger charge is 2.31. The summed E-state index contributed by atoms with van der Waals surface area (Å²) in [6.45, 7) is 4.45. The summed E-state index contributed by atoms with van der Waals surface area (Å²) in [5.74, 6) is 1.61. The number of hydrogen-bond donors (Lipinski definition) is 0. The maximum Gasteiger partial charge on any atom is 0.296 e. The van der Waals surface area contributed by atoms with Gasteiger partial charge in [0, 0.05) is 0 Å². The number of aryl methyl sites for hydroxylation is 1. The molecule has 1 aliphatic rings. The zero-order valence-corrected chi connectivity index (χ0v) is 11.7. The third kappa shape index (κ3) is 3.56. The zero-order valence-electron chi connectivity index (χ0n) is 10.9. The van der Waals surface area contributed by atoms with Gasteiger partial charge in [0.25, 0.3) is 10.1 Å². The van der Waals surface area contributed by atoms with Crippen LogP contribution in [0.15, 0.2) is 29.2 Å². The molecule has 0 aromatic heterocycles. The third-order valence-electron chi connectivity index (χ3n) is 3.54. The first-order valence-electron chi connectivity index (χ1n) is 6.45. The molecule has 0 heterocycles. The largest absolute Gasteiger partial charge is 0.296 e. The first-order valence-corrected chi connectivity index (χ1v) is 7.86. The molecular weight excluding hydrogens is 248 g/mol. The van der Waals surface area contributed by atoms with Gasteiger partial charge >= 0.3 is 0 Å². The van der Waals surface area contributed by atoms with Crippen LogP contribution in [0.1, 0.15) is 31.7 Å². The van der Waals surface area contributed by atoms with Crippen LogP contribution < -0.4 is 0 Å². The van der Waals surface area contributed by atoms with Gasteiger partial charge in [-0.15, -0.1) is 0 Å². The highest BCUT2D eigenvalue weighted by atomic mass is 32.2. The zero-order chi connectivity index (χ0) is 13.2. The first-order chi connectivity index (χ1) is 8.49. The minimum Gasteiger partial charge on any atom is -0.266 e. The maximum atomic E-state index is 11.8. The third-order valence-corrected chi connectivity index (χ3v) is 4.87. The average molecular weight is 268 g/mol. The highest BCUT2D eigenvalue weighted by molar-refractivity contribution is 7.86. The van der Waals surface area contributed by atoms with Gasteiger partial charge in [-0.1, -0.05) is 24.6 Å². The Kier molecular flexibility index (Phi) is 4.07. The lowest BCUT2D eigenvalue weighted by atomic mass is 10.2. The van der Waals surface area contributed by atoms with E-state index in [-0.39, 0.29) is 4.90 Å². The summed E-state index contributed by atoms with van der Waals surface area (Å²) in [6, 6.07) is 6.74. The van der Waals surface area contributed by atoms with Crippen molar-refractivity contribution >= 4 is 10.1 Å². The minimum atomic E-state index is -3.57. The summed E-state index contributed by atoms with van der Waals surface area (Å²) < 4.78 is 28.7. The van der Waals surface area contributed by atoms with Crippen molar-refractivity contribution in [1.82, 2.24) is 0 Å². The minimum absolute atomic E-state index is 0.243. The van der Waals surface area contributed by atoms with Crippen molar-refractivity contribution in [2.24, 2.45) is 11.8 Å². The van der Waals surface area contributed by atoms with Crippen molar-refractivity contribution in [3.63, 3.8) is 0 Å². The molecule has 0 unspecified atom stereocenters. The van der Waals surface area contributed by atoms with Crippen molar-refractivity contribution in [3.05, 3.63) is 29.8 Å². The van der Waals surface area contributed by atoms with Crippen LogP contribution in [-0.4, -0.2) is 15.0 Å². The van der Waals surface area contributed by atoms with Crippen molar-refractivity contribution in [3.8, 4) is 0 Å². The maximum absolute atomic E-state index is 11.8. The summed E-state index contributed by atoms with van der Waals surface area (Å²) in [7, 11) is -3.57. The van der Waals surface area contributed by atoms with Crippen LogP contribution in [0.2, 0.25) is 0 Å². The molecule has 1 aromatic carbocycles. The molecular formula is C14H20O3S. The van der Waals surface area contributed by atoms with Crippen LogP contribution >= 0.6 is 0 Å². The number of hydrogen-bond acceptors (Lipinski definition) is 3. The molecule has 0 N–H and O–H groups in total. The highest BCUT2D eigenvalue weighted by Crippen LogP contribution is 2.41. The van der Waals surface area contributed by atoms with Gasteiger partial charge in [0.15, 0.2) is 0 Å². The van der Waals surface area contributed by atoms with Crippen LogP contribution in [-0.2, 0) is 14.3 Å². The van der Waals surface area contributed by atoms with Crippen LogP contribution in [0, 0.1) is 18.8 Å². The monoisotopic (exact) mass is 268 g/mol. The number of rotatable bonds is 6. The van der Waals surface area contributed by atoms with E-state index in [9.17, 15) is 8.42 Å². The van der Waals surface area contributed by atoms with E-state index in [1.807, 2.05) is 6.92 Å². The summed E-state index contributed by atoms with van der Waals surface area (Å²) in [5.41, 5.74) is 1.04. The Hall–Kier alpha value is -0.870. The fraction of sp³-hybridized carbons (Fsp3) is 0.571. The molecule has 1 saturated carbocycles. The van der Waals surface area contributed by atoms with Crippen molar-refractivity contribution < 1.29 is 12.6 Å². The second-order valence-corrected chi connectivity index (χ2v) is 6.82. The molecule has 18 heavy (non-hydrogen) atoms. The average Bonchev–Trinajstić information content (AvgIpc) is 3.02. The summed E-state index contributed by atoms with van der Waals surface area (Å²) >= 11 is 0. The Bertz CT molecular complexity index is 490. The fourth-order valence-electron chi connectivity index (χ4n) is 2.09. The Morgan fingerprint density at radius 1 is 1.28 bits per heavy atom. The van der Waals surface area contributed by atoms with E-state index in [0.717, 1.165) is 30.2 Å². The Morgan fingerprint density at radius 3 is 2.44 bits per heavy atom. The molecule has 0 radical (unpaired) electrons. The van der Waals surface area contributed by atoms with E-state index < -0.39 is 10.1 Å². The first kappa shape index (κ1) is 13.6. The van der Waals surface area contributed by atoms with Gasteiger partial charge < -0.3 is 0 Å². The van der Waals surface area contributed by atoms with Gasteiger partial charge in [-0.25, -0.2) is 0 Å². The second kappa shape index (κ2) is 5.41. The van der Waals surface area contributed by atoms with E-state index in [0.29, 0.717) is 6.61 Å². The normalized spacial score (nSPS) is 23.0. The lowest BCUT2D eigenvalue weighted by Crippen LogP contribution is -2.07. The predicted octanol–water partition coefficient (Wildman–Crippen LogP) is 3.14. The van der Waals surface area contributed by atoms with E-state index in [2.05, 4.69) is 6.92 Å². The topological polar surface area (TPSA) is 43.4 Å². The molecule has 1 aromatic rings. The standard InChI is InChI=1S/C14H20O3S/c1-11-5-7-14(8-6-11)18(15,16)17-9-3-4-13-10-12(13)2/h5-8,12-13H,3-4,9-10H2,1-2H3/t12-,13-/m1/s1. The van der Waals surface area contributed by atoms with Gasteiger partial charge in [-0.05, 0) is 50.2 Å². The van der Waals surface area contributed by atoms with Crippen molar-refractivity contribution in [2.45, 2.75) is 38.0 Å². The second-order valence-electron chi connectivity index (χ2n) is 5.20. The van der Waals surface area contributed by atoms with Crippen molar-refractivity contribution in [1.29, 1.82) is 0 Å². The van der Waals surface area contributed by atoms with Crippen LogP contribution in [0.5, 0.6) is 0 Å². The Labute approximate surface area is 109 Å². The SMILES string of the molecule is Cc1ccc(S(=O)(=O)OCCC[C@@H]2C[C@H]2C)cc1. The Balaban J connectivity index is 1.81. The van der Waals surface area contributed by atoms with Crippen LogP contribution in [0.3, 0.4) is 0 Å². The molecule has 100 valence electrons. The van der Waals surface area contributed by atoms with Gasteiger partial charge in [0.05, 0.1) is 11.5 Å². The summed E-state index contributed by atoms with van der Waals surface area (Å²) in [6.07, 6.45) is 3.18. The number of benzene rings is 1. The lowest BCUT2D eigenvalue weighted by Gasteiger charge is -2.05. The quantitative estimate of drug-likeness (QED) is 0.588. The molecule has 4 heteroatoms. The summed E-state index contributed by atoms with van der Waals surface area (Å²) in [4.78, 5) is 0.243. The van der Waals surface area contributed by atoms with Gasteiger partial charge in [-0.3, -0.25) is 4.18 Å². The van der Waals surface area contributed by atoms with Gasteiger partial charge in [0.1, 0.15) is 0 Å². The van der Waals surface area contributed by atoms with E-state index >= 15 is 0 Å². The van der Waals surface area contributed by atoms with E-state index in [1.165, 1.54) is 6.42 Å². The molecule has 0 saturated heterocycles. The molecule has 3 nitrogen and oxygen atoms in total. The Morgan fingerprint density at radius 2 is 1.89 bits per heavy atom. The molecule has 1 aliphatic carbocycles. The van der Waals surface area contributed by atoms with Crippen LogP contribution in [0.4, 0.5) is 0 Å². The molecule has 0 bridgehead atoms. The molecule has 0 aliphatic heterocycles. The molecule has 1 fully saturated rings. The fourth-order valence-corrected chi connectivity index (χ4v) is 3.03. The van der Waals surface area contributed by atoms with Crippen LogP contribution in [0.25, 0.3) is 0 Å². The smallest absolute Gasteiger partial charge is 0.266 e. The van der Waals surface area contributed by atoms with Crippen molar-refractivity contribution in [2.75, 3.05) is 6.61 Å². The van der Waals surface area contributed by atoms with Gasteiger partial charge in [0.2, 0.25) is 0 Å². The van der Waals surface area contributed by atoms with E-state index in [4.69, 9.17) is 4.18 Å². The molecule has 0 amide bonds.